The number of unbranched alkanes of at least 4 members (excludes halogenated alkanes) is 1. The van der Waals surface area contributed by atoms with Crippen LogP contribution < -0.4 is 10.5 Å². The van der Waals surface area contributed by atoms with Gasteiger partial charge >= 0.3 is 6.09 Å². The highest BCUT2D eigenvalue weighted by Gasteiger charge is 2.16. The van der Waals surface area contributed by atoms with Gasteiger partial charge in [-0.3, -0.25) is 9.69 Å². The first-order chi connectivity index (χ1) is 17.3. The van der Waals surface area contributed by atoms with E-state index in [0.29, 0.717) is 34.3 Å². The first-order valence-corrected chi connectivity index (χ1v) is 11.8. The normalized spacial score (nSPS) is 11.2. The minimum atomic E-state index is -1.02. The van der Waals surface area contributed by atoms with Crippen LogP contribution in [0, 0.1) is 5.82 Å². The minimum absolute atomic E-state index is 0.166. The third-order valence-electron chi connectivity index (χ3n) is 6.01. The lowest BCUT2D eigenvalue weighted by atomic mass is 10.0. The molecule has 4 rings (SSSR count). The van der Waals surface area contributed by atoms with Crippen LogP contribution in [0.2, 0.25) is 0 Å². The molecule has 0 spiro atoms. The predicted octanol–water partition coefficient (Wildman–Crippen LogP) is 5.08. The number of nitrogens with zero attached hydrogens (tertiary/aromatic N) is 4. The molecular weight excluding hydrogens is 459 g/mol. The summed E-state index contributed by atoms with van der Waals surface area (Å²) in [6.07, 6.45) is 0.608. The number of carboxylic acid groups (broad SMARTS) is 1. The van der Waals surface area contributed by atoms with Crippen molar-refractivity contribution in [3.05, 3.63) is 94.5 Å². The Kier molecular flexibility index (Phi) is 7.75. The van der Waals surface area contributed by atoms with Crippen LogP contribution in [0.3, 0.4) is 0 Å². The first-order valence-electron chi connectivity index (χ1n) is 11.8. The fourth-order valence-electron chi connectivity index (χ4n) is 4.19. The molecule has 0 saturated carbocycles. The summed E-state index contributed by atoms with van der Waals surface area (Å²) in [7, 11) is 3.98. The zero-order valence-electron chi connectivity index (χ0n) is 20.4. The molecule has 186 valence electrons. The molecule has 4 aromatic rings. The van der Waals surface area contributed by atoms with Gasteiger partial charge in [0.2, 0.25) is 0 Å². The molecule has 0 atom stereocenters. The van der Waals surface area contributed by atoms with Crippen molar-refractivity contribution in [2.75, 3.05) is 32.1 Å². The largest absolute Gasteiger partial charge is 0.465 e. The Labute approximate surface area is 209 Å². The van der Waals surface area contributed by atoms with Crippen LogP contribution in [-0.4, -0.2) is 53.1 Å². The number of halogens is 1. The molecule has 0 saturated heterocycles. The van der Waals surface area contributed by atoms with Crippen molar-refractivity contribution >= 4 is 22.6 Å². The van der Waals surface area contributed by atoms with E-state index in [1.165, 1.54) is 21.7 Å². The fraction of sp³-hybridized carbons (Fsp3) is 0.250. The van der Waals surface area contributed by atoms with Gasteiger partial charge in [0.15, 0.2) is 0 Å². The van der Waals surface area contributed by atoms with Gasteiger partial charge in [-0.25, -0.2) is 13.9 Å². The number of anilines is 1. The van der Waals surface area contributed by atoms with Gasteiger partial charge in [0, 0.05) is 23.2 Å². The van der Waals surface area contributed by atoms with E-state index < -0.39 is 6.09 Å². The first kappa shape index (κ1) is 25.1. The number of hydrogen-bond donors (Lipinski definition) is 1. The molecule has 8 heteroatoms. The van der Waals surface area contributed by atoms with E-state index in [9.17, 15) is 19.1 Å². The summed E-state index contributed by atoms with van der Waals surface area (Å²) < 4.78 is 14.9. The Balaban J connectivity index is 1.66. The van der Waals surface area contributed by atoms with E-state index in [1.54, 1.807) is 42.5 Å². The van der Waals surface area contributed by atoms with E-state index >= 15 is 0 Å². The van der Waals surface area contributed by atoms with Crippen LogP contribution in [-0.2, 0) is 6.54 Å². The highest BCUT2D eigenvalue weighted by Crippen LogP contribution is 2.25. The fourth-order valence-corrected chi connectivity index (χ4v) is 4.19. The maximum Gasteiger partial charge on any atom is 0.411 e. The van der Waals surface area contributed by atoms with Crippen LogP contribution in [0.15, 0.2) is 77.6 Å². The van der Waals surface area contributed by atoms with Gasteiger partial charge in [-0.2, -0.15) is 5.10 Å². The number of benzene rings is 3. The summed E-state index contributed by atoms with van der Waals surface area (Å²) in [6.45, 7) is 1.44. The number of rotatable bonds is 9. The maximum atomic E-state index is 13.5. The topological polar surface area (TPSA) is 78.7 Å². The Morgan fingerprint density at radius 2 is 1.64 bits per heavy atom. The molecule has 0 bridgehead atoms. The molecule has 1 amide bonds. The highest BCUT2D eigenvalue weighted by molar-refractivity contribution is 5.93. The van der Waals surface area contributed by atoms with E-state index in [2.05, 4.69) is 10.00 Å². The molecule has 3 aromatic carbocycles. The summed E-state index contributed by atoms with van der Waals surface area (Å²) in [4.78, 5) is 28.6. The highest BCUT2D eigenvalue weighted by atomic mass is 19.1. The Morgan fingerprint density at radius 3 is 2.33 bits per heavy atom. The van der Waals surface area contributed by atoms with Gasteiger partial charge in [-0.15, -0.1) is 0 Å². The summed E-state index contributed by atoms with van der Waals surface area (Å²) >= 11 is 0. The van der Waals surface area contributed by atoms with E-state index in [0.717, 1.165) is 24.9 Å². The monoisotopic (exact) mass is 488 g/mol. The second-order valence-corrected chi connectivity index (χ2v) is 8.98. The molecule has 0 unspecified atom stereocenters. The maximum absolute atomic E-state index is 13.5. The zero-order chi connectivity index (χ0) is 25.7. The summed E-state index contributed by atoms with van der Waals surface area (Å²) in [5.41, 5.74) is 2.33. The summed E-state index contributed by atoms with van der Waals surface area (Å²) in [6, 6.07) is 20.4. The number of hydrogen-bond acceptors (Lipinski definition) is 4. The Morgan fingerprint density at radius 1 is 0.944 bits per heavy atom. The standard InChI is InChI=1S/C28H29FN4O3/c1-31(2)16-5-6-17-32(28(35)36)23-9-7-8-20(18-23)19-33-27(34)25-11-4-3-10-24(25)26(30-33)21-12-14-22(29)15-13-21/h3-4,7-15,18H,5-6,16-17,19H2,1-2H3,(H,35,36). The van der Waals surface area contributed by atoms with Gasteiger partial charge in [-0.1, -0.05) is 30.3 Å². The Bertz CT molecular complexity index is 1420. The molecule has 0 aliphatic heterocycles. The van der Waals surface area contributed by atoms with Gasteiger partial charge in [0.1, 0.15) is 5.82 Å². The second kappa shape index (κ2) is 11.1. The smallest absolute Gasteiger partial charge is 0.411 e. The van der Waals surface area contributed by atoms with Gasteiger partial charge in [-0.05, 0) is 81.5 Å². The molecule has 1 N–H and O–H groups in total. The number of fused-ring (bicyclic) bond motifs is 1. The van der Waals surface area contributed by atoms with Gasteiger partial charge < -0.3 is 10.0 Å². The number of carbonyl (C=O) groups is 1. The molecule has 0 aliphatic carbocycles. The third-order valence-corrected chi connectivity index (χ3v) is 6.01. The van der Waals surface area contributed by atoms with E-state index in [4.69, 9.17) is 0 Å². The Hall–Kier alpha value is -4.04. The molecular formula is C28H29FN4O3. The van der Waals surface area contributed by atoms with Crippen LogP contribution in [0.25, 0.3) is 22.0 Å². The van der Waals surface area contributed by atoms with Crippen LogP contribution in [0.1, 0.15) is 18.4 Å². The van der Waals surface area contributed by atoms with Crippen molar-refractivity contribution in [2.24, 2.45) is 0 Å². The predicted molar refractivity (Wildman–Crippen MR) is 140 cm³/mol. The molecule has 0 aliphatic rings. The zero-order valence-corrected chi connectivity index (χ0v) is 20.4. The SMILES string of the molecule is CN(C)CCCCN(C(=O)O)c1cccc(Cn2nc(-c3ccc(F)cc3)c3ccccc3c2=O)c1. The molecule has 1 heterocycles. The third kappa shape index (κ3) is 5.78. The van der Waals surface area contributed by atoms with Crippen molar-refractivity contribution in [1.82, 2.24) is 14.7 Å². The van der Waals surface area contributed by atoms with Crippen LogP contribution in [0.4, 0.5) is 14.9 Å². The van der Waals surface area contributed by atoms with Crippen LogP contribution in [0.5, 0.6) is 0 Å². The molecule has 0 fully saturated rings. The lowest BCUT2D eigenvalue weighted by Crippen LogP contribution is -2.31. The second-order valence-electron chi connectivity index (χ2n) is 8.98. The van der Waals surface area contributed by atoms with Crippen LogP contribution >= 0.6 is 0 Å². The van der Waals surface area contributed by atoms with Gasteiger partial charge in [0.25, 0.3) is 5.56 Å². The summed E-state index contributed by atoms with van der Waals surface area (Å²) in [5.74, 6) is -0.349. The molecule has 7 nitrogen and oxygen atoms in total. The lowest BCUT2D eigenvalue weighted by Gasteiger charge is -2.20. The van der Waals surface area contributed by atoms with Crippen molar-refractivity contribution in [2.45, 2.75) is 19.4 Å². The lowest BCUT2D eigenvalue weighted by molar-refractivity contribution is 0.201. The van der Waals surface area contributed by atoms with E-state index in [-0.39, 0.29) is 17.9 Å². The molecule has 36 heavy (non-hydrogen) atoms. The van der Waals surface area contributed by atoms with E-state index in [1.807, 2.05) is 32.3 Å². The average Bonchev–Trinajstić information content (AvgIpc) is 2.86. The number of amides is 1. The summed E-state index contributed by atoms with van der Waals surface area (Å²) in [5, 5.41) is 15.6. The van der Waals surface area contributed by atoms with Crippen molar-refractivity contribution < 1.29 is 14.3 Å². The van der Waals surface area contributed by atoms with Crippen molar-refractivity contribution in [1.29, 1.82) is 0 Å². The number of aromatic nitrogens is 2. The minimum Gasteiger partial charge on any atom is -0.465 e. The van der Waals surface area contributed by atoms with Crippen molar-refractivity contribution in [3.63, 3.8) is 0 Å². The van der Waals surface area contributed by atoms with Gasteiger partial charge in [0.05, 0.1) is 17.6 Å². The van der Waals surface area contributed by atoms with Crippen molar-refractivity contribution in [3.8, 4) is 11.3 Å². The molecule has 0 radical (unpaired) electrons. The average molecular weight is 489 g/mol. The quantitative estimate of drug-likeness (QED) is 0.333. The molecule has 1 aromatic heterocycles.